The van der Waals surface area contributed by atoms with Gasteiger partial charge in [-0.1, -0.05) is 15.9 Å². The summed E-state index contributed by atoms with van der Waals surface area (Å²) in [5.74, 6) is 0. The molecule has 0 heterocycles. The van der Waals surface area contributed by atoms with Crippen LogP contribution in [0.2, 0.25) is 0 Å². The number of nitrogens with zero attached hydrogens (tertiary/aromatic N) is 2. The SMILES string of the molecule is CC(C)N(CCCO)c1cc(Br)ccc1[N+](=O)[O-]. The number of hydrogen-bond donors (Lipinski definition) is 1. The van der Waals surface area contributed by atoms with Crippen LogP contribution in [-0.2, 0) is 0 Å². The van der Waals surface area contributed by atoms with Gasteiger partial charge < -0.3 is 10.0 Å². The van der Waals surface area contributed by atoms with E-state index in [9.17, 15) is 10.1 Å². The highest BCUT2D eigenvalue weighted by molar-refractivity contribution is 9.10. The number of aliphatic hydroxyl groups is 1. The average Bonchev–Trinajstić information content (AvgIpc) is 2.28. The van der Waals surface area contributed by atoms with Gasteiger partial charge >= 0.3 is 0 Å². The zero-order chi connectivity index (χ0) is 13.7. The molecule has 0 aliphatic rings. The summed E-state index contributed by atoms with van der Waals surface area (Å²) in [5.41, 5.74) is 0.669. The summed E-state index contributed by atoms with van der Waals surface area (Å²) in [4.78, 5) is 12.6. The Bertz CT molecular complexity index is 424. The van der Waals surface area contributed by atoms with E-state index in [2.05, 4.69) is 15.9 Å². The fourth-order valence-corrected chi connectivity index (χ4v) is 2.13. The van der Waals surface area contributed by atoms with Crippen LogP contribution in [-0.4, -0.2) is 29.2 Å². The summed E-state index contributed by atoms with van der Waals surface area (Å²) in [6.07, 6.45) is 0.585. The first kappa shape index (κ1) is 14.9. The predicted molar refractivity (Wildman–Crippen MR) is 75.0 cm³/mol. The summed E-state index contributed by atoms with van der Waals surface area (Å²) in [6.45, 7) is 4.61. The monoisotopic (exact) mass is 316 g/mol. The molecule has 1 aromatic carbocycles. The maximum atomic E-state index is 11.0. The lowest BCUT2D eigenvalue weighted by Gasteiger charge is -2.28. The van der Waals surface area contributed by atoms with E-state index >= 15 is 0 Å². The largest absolute Gasteiger partial charge is 0.396 e. The minimum Gasteiger partial charge on any atom is -0.396 e. The molecule has 0 aliphatic heterocycles. The third-order valence-electron chi connectivity index (χ3n) is 2.62. The zero-order valence-electron chi connectivity index (χ0n) is 10.5. The Labute approximate surface area is 115 Å². The Morgan fingerprint density at radius 2 is 2.17 bits per heavy atom. The Kier molecular flexibility index (Phi) is 5.55. The minimum absolute atomic E-state index is 0.0744. The number of rotatable bonds is 6. The fourth-order valence-electron chi connectivity index (χ4n) is 1.78. The van der Waals surface area contributed by atoms with Crippen LogP contribution >= 0.6 is 15.9 Å². The van der Waals surface area contributed by atoms with Gasteiger partial charge in [0.1, 0.15) is 5.69 Å². The lowest BCUT2D eigenvalue weighted by Crippen LogP contribution is -2.32. The van der Waals surface area contributed by atoms with Crippen molar-refractivity contribution >= 4 is 27.3 Å². The Morgan fingerprint density at radius 3 is 2.67 bits per heavy atom. The van der Waals surface area contributed by atoms with Crippen molar-refractivity contribution in [2.24, 2.45) is 0 Å². The summed E-state index contributed by atoms with van der Waals surface area (Å²) in [7, 11) is 0. The molecule has 1 N–H and O–H groups in total. The van der Waals surface area contributed by atoms with E-state index < -0.39 is 0 Å². The molecule has 0 atom stereocenters. The lowest BCUT2D eigenvalue weighted by atomic mass is 10.2. The van der Waals surface area contributed by atoms with Crippen LogP contribution in [0, 0.1) is 10.1 Å². The van der Waals surface area contributed by atoms with Gasteiger partial charge in [-0.25, -0.2) is 0 Å². The molecule has 0 unspecified atom stereocenters. The van der Waals surface area contributed by atoms with Crippen molar-refractivity contribution < 1.29 is 10.0 Å². The molecule has 0 bridgehead atoms. The molecule has 5 nitrogen and oxygen atoms in total. The second-order valence-corrected chi connectivity index (χ2v) is 5.17. The number of nitro benzene ring substituents is 1. The molecule has 0 amide bonds. The van der Waals surface area contributed by atoms with Crippen LogP contribution in [0.15, 0.2) is 22.7 Å². The molecule has 0 saturated carbocycles. The molecule has 1 aromatic rings. The highest BCUT2D eigenvalue weighted by Crippen LogP contribution is 2.32. The van der Waals surface area contributed by atoms with E-state index in [0.717, 1.165) is 4.47 Å². The molecule has 100 valence electrons. The molecular formula is C12H17BrN2O3. The van der Waals surface area contributed by atoms with Crippen molar-refractivity contribution in [1.82, 2.24) is 0 Å². The standard InChI is InChI=1S/C12H17BrN2O3/c1-9(2)14(6-3-7-16)12-8-10(13)4-5-11(12)15(17)18/h4-5,8-9,16H,3,6-7H2,1-2H3. The third kappa shape index (κ3) is 3.68. The summed E-state index contributed by atoms with van der Waals surface area (Å²) in [6, 6.07) is 5.03. The van der Waals surface area contributed by atoms with Crippen molar-refractivity contribution in [3.8, 4) is 0 Å². The normalized spacial score (nSPS) is 10.7. The lowest BCUT2D eigenvalue weighted by molar-refractivity contribution is -0.384. The quantitative estimate of drug-likeness (QED) is 0.647. The van der Waals surface area contributed by atoms with E-state index in [4.69, 9.17) is 5.11 Å². The summed E-state index contributed by atoms with van der Waals surface area (Å²) in [5, 5.41) is 20.0. The zero-order valence-corrected chi connectivity index (χ0v) is 12.1. The topological polar surface area (TPSA) is 66.6 Å². The van der Waals surface area contributed by atoms with E-state index in [1.165, 1.54) is 6.07 Å². The van der Waals surface area contributed by atoms with Crippen LogP contribution in [0.3, 0.4) is 0 Å². The molecule has 18 heavy (non-hydrogen) atoms. The summed E-state index contributed by atoms with van der Waals surface area (Å²) < 4.78 is 0.803. The second-order valence-electron chi connectivity index (χ2n) is 4.25. The molecule has 0 radical (unpaired) electrons. The van der Waals surface area contributed by atoms with Gasteiger partial charge in [0, 0.05) is 29.7 Å². The molecule has 0 fully saturated rings. The highest BCUT2D eigenvalue weighted by atomic mass is 79.9. The number of nitro groups is 1. The van der Waals surface area contributed by atoms with E-state index in [1.807, 2.05) is 18.7 Å². The molecule has 0 aromatic heterocycles. The number of benzene rings is 1. The maximum absolute atomic E-state index is 11.0. The van der Waals surface area contributed by atoms with Crippen molar-refractivity contribution in [2.75, 3.05) is 18.1 Å². The van der Waals surface area contributed by atoms with Crippen molar-refractivity contribution in [2.45, 2.75) is 26.3 Å². The van der Waals surface area contributed by atoms with Crippen LogP contribution < -0.4 is 4.90 Å². The molecule has 0 saturated heterocycles. The molecule has 1 rings (SSSR count). The van der Waals surface area contributed by atoms with Gasteiger partial charge in [0.15, 0.2) is 0 Å². The van der Waals surface area contributed by atoms with Gasteiger partial charge in [0.05, 0.1) is 4.92 Å². The third-order valence-corrected chi connectivity index (χ3v) is 3.12. The maximum Gasteiger partial charge on any atom is 0.292 e. The highest BCUT2D eigenvalue weighted by Gasteiger charge is 2.21. The Hall–Kier alpha value is -1.14. The second kappa shape index (κ2) is 6.70. The number of hydrogen-bond acceptors (Lipinski definition) is 4. The average molecular weight is 317 g/mol. The van der Waals surface area contributed by atoms with Gasteiger partial charge in [-0.2, -0.15) is 0 Å². The number of aliphatic hydroxyl groups excluding tert-OH is 1. The van der Waals surface area contributed by atoms with Crippen molar-refractivity contribution in [3.05, 3.63) is 32.8 Å². The van der Waals surface area contributed by atoms with Gasteiger partial charge in [0.2, 0.25) is 0 Å². The Morgan fingerprint density at radius 1 is 1.50 bits per heavy atom. The molecular weight excluding hydrogens is 300 g/mol. The first-order chi connectivity index (χ1) is 8.47. The van der Waals surface area contributed by atoms with Gasteiger partial charge in [-0.15, -0.1) is 0 Å². The first-order valence-electron chi connectivity index (χ1n) is 5.78. The van der Waals surface area contributed by atoms with Gasteiger partial charge in [0.25, 0.3) is 5.69 Å². The van der Waals surface area contributed by atoms with Gasteiger partial charge in [-0.3, -0.25) is 10.1 Å². The molecule has 6 heteroatoms. The number of halogens is 1. The van der Waals surface area contributed by atoms with E-state index in [0.29, 0.717) is 18.7 Å². The van der Waals surface area contributed by atoms with Crippen LogP contribution in [0.5, 0.6) is 0 Å². The predicted octanol–water partition coefficient (Wildman–Crippen LogP) is 2.95. The number of anilines is 1. The Balaban J connectivity index is 3.16. The van der Waals surface area contributed by atoms with Crippen molar-refractivity contribution in [3.63, 3.8) is 0 Å². The fraction of sp³-hybridized carbons (Fsp3) is 0.500. The summed E-state index contributed by atoms with van der Waals surface area (Å²) >= 11 is 3.33. The molecule has 0 aliphatic carbocycles. The van der Waals surface area contributed by atoms with E-state index in [1.54, 1.807) is 12.1 Å². The van der Waals surface area contributed by atoms with E-state index in [-0.39, 0.29) is 23.3 Å². The van der Waals surface area contributed by atoms with Crippen LogP contribution in [0.4, 0.5) is 11.4 Å². The smallest absolute Gasteiger partial charge is 0.292 e. The van der Waals surface area contributed by atoms with Crippen LogP contribution in [0.1, 0.15) is 20.3 Å². The first-order valence-corrected chi connectivity index (χ1v) is 6.58. The van der Waals surface area contributed by atoms with Crippen molar-refractivity contribution in [1.29, 1.82) is 0 Å². The molecule has 0 spiro atoms. The minimum atomic E-state index is -0.379. The van der Waals surface area contributed by atoms with Gasteiger partial charge in [-0.05, 0) is 32.4 Å². The van der Waals surface area contributed by atoms with Crippen LogP contribution in [0.25, 0.3) is 0 Å².